The lowest BCUT2D eigenvalue weighted by Crippen LogP contribution is -2.40. The van der Waals surface area contributed by atoms with E-state index in [4.69, 9.17) is 34.3 Å². The van der Waals surface area contributed by atoms with Crippen LogP contribution in [0.3, 0.4) is 0 Å². The maximum Gasteiger partial charge on any atom is 0.159 e. The third-order valence-electron chi connectivity index (χ3n) is 4.82. The van der Waals surface area contributed by atoms with E-state index in [-0.39, 0.29) is 0 Å². The molecule has 2 fully saturated rings. The van der Waals surface area contributed by atoms with Crippen LogP contribution in [0.5, 0.6) is 0 Å². The van der Waals surface area contributed by atoms with E-state index in [1.54, 1.807) is 0 Å². The molecule has 2 rings (SSSR count). The molecule has 100 valence electrons. The van der Waals surface area contributed by atoms with Crippen LogP contribution in [-0.4, -0.2) is 18.1 Å². The summed E-state index contributed by atoms with van der Waals surface area (Å²) in [5.41, 5.74) is 1.43. The molecule has 0 heterocycles. The third kappa shape index (κ3) is 3.55. The van der Waals surface area contributed by atoms with Crippen LogP contribution in [-0.2, 0) is 0 Å². The number of hydrogen-bond acceptors (Lipinski definition) is 0. The summed E-state index contributed by atoms with van der Waals surface area (Å²) in [7, 11) is -1.68. The second-order valence-corrected chi connectivity index (χ2v) is 13.7. The van der Waals surface area contributed by atoms with E-state index in [0.717, 1.165) is 12.8 Å². The number of rotatable bonds is 2. The molecule has 4 atom stereocenters. The Balaban J connectivity index is 2.00. The molecule has 17 heavy (non-hydrogen) atoms. The van der Waals surface area contributed by atoms with Crippen LogP contribution in [0.25, 0.3) is 0 Å². The Labute approximate surface area is 121 Å². The topological polar surface area (TPSA) is 0 Å². The predicted molar refractivity (Wildman–Crippen MR) is 81.2 cm³/mol. The SMILES string of the molecule is C[Si](Cl)(C1CCCC(Cl)C1)C1CCCC(Cl)C1. The maximum absolute atomic E-state index is 7.05. The van der Waals surface area contributed by atoms with Gasteiger partial charge in [0, 0.05) is 10.8 Å². The molecule has 0 saturated heterocycles. The highest BCUT2D eigenvalue weighted by atomic mass is 35.6. The van der Waals surface area contributed by atoms with Gasteiger partial charge in [-0.1, -0.05) is 32.2 Å². The van der Waals surface area contributed by atoms with Crippen molar-refractivity contribution in [1.82, 2.24) is 0 Å². The number of halogens is 3. The highest BCUT2D eigenvalue weighted by molar-refractivity contribution is 7.21. The van der Waals surface area contributed by atoms with Crippen LogP contribution in [0.2, 0.25) is 17.6 Å². The second kappa shape index (κ2) is 6.03. The Kier molecular flexibility index (Phi) is 5.14. The van der Waals surface area contributed by atoms with Gasteiger partial charge in [0.25, 0.3) is 0 Å². The van der Waals surface area contributed by atoms with Crippen molar-refractivity contribution in [3.8, 4) is 0 Å². The van der Waals surface area contributed by atoms with Gasteiger partial charge in [-0.15, -0.1) is 23.2 Å². The van der Waals surface area contributed by atoms with E-state index < -0.39 is 7.38 Å². The fourth-order valence-corrected chi connectivity index (χ4v) is 9.54. The summed E-state index contributed by atoms with van der Waals surface area (Å²) < 4.78 is 0. The quantitative estimate of drug-likeness (QED) is 0.338. The second-order valence-electron chi connectivity index (χ2n) is 6.07. The van der Waals surface area contributed by atoms with Gasteiger partial charge in [-0.05, 0) is 36.8 Å². The molecule has 0 aromatic heterocycles. The molecule has 0 amide bonds. The van der Waals surface area contributed by atoms with E-state index in [0.29, 0.717) is 21.8 Å². The van der Waals surface area contributed by atoms with E-state index in [1.807, 2.05) is 0 Å². The summed E-state index contributed by atoms with van der Waals surface area (Å²) in [5, 5.41) is 0.740. The fourth-order valence-electron chi connectivity index (χ4n) is 3.62. The largest absolute Gasteiger partial charge is 0.167 e. The monoisotopic (exact) mass is 312 g/mol. The molecule has 0 nitrogen and oxygen atoms in total. The van der Waals surface area contributed by atoms with Gasteiger partial charge in [-0.25, -0.2) is 0 Å². The lowest BCUT2D eigenvalue weighted by atomic mass is 9.99. The van der Waals surface area contributed by atoms with Gasteiger partial charge in [0.05, 0.1) is 0 Å². The Morgan fingerprint density at radius 3 is 1.59 bits per heavy atom. The van der Waals surface area contributed by atoms with Crippen molar-refractivity contribution in [2.75, 3.05) is 0 Å². The van der Waals surface area contributed by atoms with Crippen LogP contribution in [0, 0.1) is 0 Å². The summed E-state index contributed by atoms with van der Waals surface area (Å²) in [4.78, 5) is 0. The van der Waals surface area contributed by atoms with Gasteiger partial charge in [0.2, 0.25) is 0 Å². The molecular formula is C13H23Cl3Si. The minimum atomic E-state index is -1.68. The molecule has 0 aliphatic heterocycles. The van der Waals surface area contributed by atoms with Crippen LogP contribution >= 0.6 is 34.3 Å². The molecule has 0 spiro atoms. The van der Waals surface area contributed by atoms with E-state index >= 15 is 0 Å². The summed E-state index contributed by atoms with van der Waals surface area (Å²) in [6.07, 6.45) is 9.81. The van der Waals surface area contributed by atoms with Crippen molar-refractivity contribution in [1.29, 1.82) is 0 Å². The molecule has 0 N–H and O–H groups in total. The van der Waals surface area contributed by atoms with Crippen molar-refractivity contribution in [3.05, 3.63) is 0 Å². The minimum Gasteiger partial charge on any atom is -0.167 e. The molecule has 0 aromatic carbocycles. The molecule has 0 radical (unpaired) electrons. The Morgan fingerprint density at radius 2 is 1.24 bits per heavy atom. The van der Waals surface area contributed by atoms with Gasteiger partial charge in [-0.2, -0.15) is 11.1 Å². The van der Waals surface area contributed by atoms with Crippen LogP contribution in [0.4, 0.5) is 0 Å². The van der Waals surface area contributed by atoms with Gasteiger partial charge in [0.15, 0.2) is 7.38 Å². The average molecular weight is 314 g/mol. The van der Waals surface area contributed by atoms with Crippen molar-refractivity contribution in [2.24, 2.45) is 0 Å². The molecule has 4 heteroatoms. The molecule has 4 unspecified atom stereocenters. The van der Waals surface area contributed by atoms with Crippen LogP contribution in [0.15, 0.2) is 0 Å². The highest BCUT2D eigenvalue weighted by Gasteiger charge is 2.45. The van der Waals surface area contributed by atoms with Crippen molar-refractivity contribution < 1.29 is 0 Å². The van der Waals surface area contributed by atoms with E-state index in [2.05, 4.69) is 6.55 Å². The predicted octanol–water partition coefficient (Wildman–Crippen LogP) is 5.90. The maximum atomic E-state index is 7.05. The smallest absolute Gasteiger partial charge is 0.159 e. The van der Waals surface area contributed by atoms with E-state index in [9.17, 15) is 0 Å². The molecule has 2 aliphatic rings. The minimum absolute atomic E-state index is 0.370. The third-order valence-corrected chi connectivity index (χ3v) is 11.7. The molecule has 0 bridgehead atoms. The first-order valence-electron chi connectivity index (χ1n) is 6.97. The van der Waals surface area contributed by atoms with Gasteiger partial charge >= 0.3 is 0 Å². The van der Waals surface area contributed by atoms with Gasteiger partial charge < -0.3 is 0 Å². The molecule has 2 aliphatic carbocycles. The van der Waals surface area contributed by atoms with Crippen molar-refractivity contribution >= 4 is 41.7 Å². The summed E-state index contributed by atoms with van der Waals surface area (Å²) in [6, 6.07) is 0. The summed E-state index contributed by atoms with van der Waals surface area (Å²) >= 11 is 19.7. The zero-order valence-corrected chi connectivity index (χ0v) is 13.9. The molecular weight excluding hydrogens is 291 g/mol. The Hall–Kier alpha value is 1.09. The summed E-state index contributed by atoms with van der Waals surface area (Å²) in [6.45, 7) is 2.37. The number of alkyl halides is 2. The lowest BCUT2D eigenvalue weighted by molar-refractivity contribution is 0.465. The molecule has 2 saturated carbocycles. The van der Waals surface area contributed by atoms with Crippen LogP contribution < -0.4 is 0 Å². The first-order valence-corrected chi connectivity index (χ1v) is 11.5. The normalized spacial score (nSPS) is 43.1. The Bertz CT molecular complexity index is 233. The fraction of sp³-hybridized carbons (Fsp3) is 1.00. The zero-order valence-electron chi connectivity index (χ0n) is 10.6. The lowest BCUT2D eigenvalue weighted by Gasteiger charge is -2.42. The van der Waals surface area contributed by atoms with Crippen molar-refractivity contribution in [3.63, 3.8) is 0 Å². The van der Waals surface area contributed by atoms with Crippen molar-refractivity contribution in [2.45, 2.75) is 79.8 Å². The Morgan fingerprint density at radius 1 is 0.824 bits per heavy atom. The molecule has 0 aromatic rings. The highest BCUT2D eigenvalue weighted by Crippen LogP contribution is 2.51. The average Bonchev–Trinajstić information content (AvgIpc) is 2.29. The first kappa shape index (κ1) is 14.5. The van der Waals surface area contributed by atoms with Gasteiger partial charge in [-0.3, -0.25) is 0 Å². The standard InChI is InChI=1S/C13H23Cl3Si/c1-17(16,12-6-2-4-10(14)8-12)13-7-3-5-11(15)9-13/h10-13H,2-9H2,1H3. The number of hydrogen-bond donors (Lipinski definition) is 0. The van der Waals surface area contributed by atoms with Crippen LogP contribution in [0.1, 0.15) is 51.4 Å². The summed E-state index contributed by atoms with van der Waals surface area (Å²) in [5.74, 6) is 0. The van der Waals surface area contributed by atoms with E-state index in [1.165, 1.54) is 38.5 Å². The van der Waals surface area contributed by atoms with Gasteiger partial charge in [0.1, 0.15) is 0 Å². The zero-order chi connectivity index (χ0) is 12.5. The first-order chi connectivity index (χ1) is 8.00.